The predicted molar refractivity (Wildman–Crippen MR) is 77.7 cm³/mol. The van der Waals surface area contributed by atoms with Crippen molar-refractivity contribution in [2.45, 2.75) is 33.7 Å². The van der Waals surface area contributed by atoms with Gasteiger partial charge < -0.3 is 15.4 Å². The van der Waals surface area contributed by atoms with Crippen LogP contribution in [0.15, 0.2) is 18.2 Å². The van der Waals surface area contributed by atoms with E-state index in [1.165, 1.54) is 0 Å². The molecule has 0 aromatic heterocycles. The molecule has 1 aromatic rings. The summed E-state index contributed by atoms with van der Waals surface area (Å²) < 4.78 is 5.45. The second-order valence-electron chi connectivity index (χ2n) is 4.74. The molecule has 5 nitrogen and oxygen atoms in total. The Labute approximate surface area is 119 Å². The summed E-state index contributed by atoms with van der Waals surface area (Å²) in [4.78, 5) is 23.2. The van der Waals surface area contributed by atoms with Gasteiger partial charge in [0.2, 0.25) is 5.91 Å². The van der Waals surface area contributed by atoms with Crippen LogP contribution < -0.4 is 15.4 Å². The summed E-state index contributed by atoms with van der Waals surface area (Å²) >= 11 is 0. The molecule has 20 heavy (non-hydrogen) atoms. The monoisotopic (exact) mass is 278 g/mol. The Bertz CT molecular complexity index is 486. The Balaban J connectivity index is 2.45. The molecule has 0 spiro atoms. The molecule has 5 heteroatoms. The number of benzene rings is 1. The van der Waals surface area contributed by atoms with Gasteiger partial charge in [0.15, 0.2) is 6.61 Å². The SMILES string of the molecule is CCNC(=O)C(C)NC(=O)COc1ccc(C)cc1C. The van der Waals surface area contributed by atoms with Gasteiger partial charge >= 0.3 is 0 Å². The summed E-state index contributed by atoms with van der Waals surface area (Å²) in [7, 11) is 0. The zero-order chi connectivity index (χ0) is 15.1. The van der Waals surface area contributed by atoms with Crippen molar-refractivity contribution in [2.75, 3.05) is 13.2 Å². The second kappa shape index (κ2) is 7.53. The van der Waals surface area contributed by atoms with Crippen LogP contribution in [0.5, 0.6) is 5.75 Å². The van der Waals surface area contributed by atoms with Crippen LogP contribution in [0, 0.1) is 13.8 Å². The van der Waals surface area contributed by atoms with E-state index in [2.05, 4.69) is 10.6 Å². The molecule has 0 heterocycles. The maximum atomic E-state index is 11.7. The minimum atomic E-state index is -0.565. The first-order valence-corrected chi connectivity index (χ1v) is 6.71. The second-order valence-corrected chi connectivity index (χ2v) is 4.74. The van der Waals surface area contributed by atoms with E-state index in [1.54, 1.807) is 6.92 Å². The lowest BCUT2D eigenvalue weighted by Crippen LogP contribution is -2.46. The van der Waals surface area contributed by atoms with Gasteiger partial charge in [-0.15, -0.1) is 0 Å². The molecule has 0 aliphatic rings. The number of hydrogen-bond donors (Lipinski definition) is 2. The summed E-state index contributed by atoms with van der Waals surface area (Å²) in [6.07, 6.45) is 0. The third-order valence-electron chi connectivity index (χ3n) is 2.81. The van der Waals surface area contributed by atoms with E-state index in [9.17, 15) is 9.59 Å². The van der Waals surface area contributed by atoms with E-state index in [0.717, 1.165) is 11.1 Å². The van der Waals surface area contributed by atoms with Gasteiger partial charge in [-0.3, -0.25) is 9.59 Å². The fourth-order valence-corrected chi connectivity index (χ4v) is 1.78. The zero-order valence-corrected chi connectivity index (χ0v) is 12.4. The minimum absolute atomic E-state index is 0.104. The van der Waals surface area contributed by atoms with Crippen molar-refractivity contribution in [3.05, 3.63) is 29.3 Å². The van der Waals surface area contributed by atoms with Crippen LogP contribution in [0.3, 0.4) is 0 Å². The highest BCUT2D eigenvalue weighted by Gasteiger charge is 2.15. The van der Waals surface area contributed by atoms with Crippen LogP contribution >= 0.6 is 0 Å². The topological polar surface area (TPSA) is 67.4 Å². The molecule has 0 saturated carbocycles. The van der Waals surface area contributed by atoms with E-state index in [0.29, 0.717) is 12.3 Å². The average Bonchev–Trinajstić information content (AvgIpc) is 2.37. The molecule has 0 aliphatic carbocycles. The number of nitrogens with one attached hydrogen (secondary N) is 2. The van der Waals surface area contributed by atoms with Crippen molar-refractivity contribution in [1.82, 2.24) is 10.6 Å². The van der Waals surface area contributed by atoms with Crippen molar-refractivity contribution in [3.8, 4) is 5.75 Å². The van der Waals surface area contributed by atoms with Crippen LogP contribution in [0.1, 0.15) is 25.0 Å². The van der Waals surface area contributed by atoms with Gasteiger partial charge in [0.25, 0.3) is 5.91 Å². The van der Waals surface area contributed by atoms with Gasteiger partial charge in [0.1, 0.15) is 11.8 Å². The largest absolute Gasteiger partial charge is 0.484 e. The first-order valence-electron chi connectivity index (χ1n) is 6.71. The molecule has 0 saturated heterocycles. The number of aryl methyl sites for hydroxylation is 2. The van der Waals surface area contributed by atoms with Crippen molar-refractivity contribution in [3.63, 3.8) is 0 Å². The fraction of sp³-hybridized carbons (Fsp3) is 0.467. The van der Waals surface area contributed by atoms with Crippen LogP contribution in [0.4, 0.5) is 0 Å². The van der Waals surface area contributed by atoms with Crippen LogP contribution in [0.25, 0.3) is 0 Å². The molecule has 110 valence electrons. The number of carbonyl (C=O) groups is 2. The first kappa shape index (κ1) is 16.0. The number of ether oxygens (including phenoxy) is 1. The number of likely N-dealkylation sites (N-methyl/N-ethyl adjacent to an activating group) is 1. The molecule has 0 aliphatic heterocycles. The molecule has 0 fully saturated rings. The van der Waals surface area contributed by atoms with Crippen LogP contribution in [-0.4, -0.2) is 31.0 Å². The summed E-state index contributed by atoms with van der Waals surface area (Å²) in [5.41, 5.74) is 2.12. The van der Waals surface area contributed by atoms with Crippen LogP contribution in [-0.2, 0) is 9.59 Å². The smallest absolute Gasteiger partial charge is 0.258 e. The van der Waals surface area contributed by atoms with E-state index >= 15 is 0 Å². The number of amides is 2. The molecule has 2 N–H and O–H groups in total. The number of rotatable bonds is 6. The Morgan fingerprint density at radius 2 is 2.00 bits per heavy atom. The predicted octanol–water partition coefficient (Wildman–Crippen LogP) is 1.32. The first-order chi connectivity index (χ1) is 9.43. The van der Waals surface area contributed by atoms with E-state index in [-0.39, 0.29) is 18.4 Å². The summed E-state index contributed by atoms with van der Waals surface area (Å²) in [6.45, 7) is 7.83. The fourth-order valence-electron chi connectivity index (χ4n) is 1.78. The summed E-state index contributed by atoms with van der Waals surface area (Å²) in [5, 5.41) is 5.23. The lowest BCUT2D eigenvalue weighted by atomic mass is 10.1. The molecule has 1 aromatic carbocycles. The maximum Gasteiger partial charge on any atom is 0.258 e. The lowest BCUT2D eigenvalue weighted by molar-refractivity contribution is -0.129. The Hall–Kier alpha value is -2.04. The van der Waals surface area contributed by atoms with Gasteiger partial charge in [-0.05, 0) is 39.3 Å². The summed E-state index contributed by atoms with van der Waals surface area (Å²) in [5.74, 6) is 0.160. The molecule has 0 radical (unpaired) electrons. The maximum absolute atomic E-state index is 11.7. The van der Waals surface area contributed by atoms with Crippen molar-refractivity contribution in [2.24, 2.45) is 0 Å². The zero-order valence-electron chi connectivity index (χ0n) is 12.4. The third-order valence-corrected chi connectivity index (χ3v) is 2.81. The van der Waals surface area contributed by atoms with Gasteiger partial charge in [0.05, 0.1) is 0 Å². The van der Waals surface area contributed by atoms with E-state index in [4.69, 9.17) is 4.74 Å². The normalized spacial score (nSPS) is 11.6. The molecule has 1 unspecified atom stereocenters. The Morgan fingerprint density at radius 3 is 2.60 bits per heavy atom. The summed E-state index contributed by atoms with van der Waals surface area (Å²) in [6, 6.07) is 5.19. The molecule has 2 amide bonds. The Morgan fingerprint density at radius 1 is 1.30 bits per heavy atom. The quantitative estimate of drug-likeness (QED) is 0.824. The van der Waals surface area contributed by atoms with Crippen molar-refractivity contribution < 1.29 is 14.3 Å². The molecule has 1 atom stereocenters. The average molecular weight is 278 g/mol. The van der Waals surface area contributed by atoms with Gasteiger partial charge in [-0.1, -0.05) is 17.7 Å². The number of carbonyl (C=O) groups excluding carboxylic acids is 2. The standard InChI is InChI=1S/C15H22N2O3/c1-5-16-15(19)12(4)17-14(18)9-20-13-7-6-10(2)8-11(13)3/h6-8,12H,5,9H2,1-4H3,(H,16,19)(H,17,18). The molecule has 1 rings (SSSR count). The van der Waals surface area contributed by atoms with Gasteiger partial charge in [0, 0.05) is 6.54 Å². The van der Waals surface area contributed by atoms with Gasteiger partial charge in [-0.2, -0.15) is 0 Å². The van der Waals surface area contributed by atoms with Crippen molar-refractivity contribution >= 4 is 11.8 Å². The van der Waals surface area contributed by atoms with E-state index < -0.39 is 6.04 Å². The third kappa shape index (κ3) is 4.91. The van der Waals surface area contributed by atoms with Crippen LogP contribution in [0.2, 0.25) is 0 Å². The molecular formula is C15H22N2O3. The van der Waals surface area contributed by atoms with Crippen molar-refractivity contribution in [1.29, 1.82) is 0 Å². The highest BCUT2D eigenvalue weighted by atomic mass is 16.5. The van der Waals surface area contributed by atoms with Gasteiger partial charge in [-0.25, -0.2) is 0 Å². The highest BCUT2D eigenvalue weighted by molar-refractivity contribution is 5.87. The number of hydrogen-bond acceptors (Lipinski definition) is 3. The van der Waals surface area contributed by atoms with E-state index in [1.807, 2.05) is 39.0 Å². The lowest BCUT2D eigenvalue weighted by Gasteiger charge is -2.14. The minimum Gasteiger partial charge on any atom is -0.484 e. The Kier molecular flexibility index (Phi) is 6.03. The highest BCUT2D eigenvalue weighted by Crippen LogP contribution is 2.18. The molecule has 0 bridgehead atoms. The molecular weight excluding hydrogens is 256 g/mol.